The summed E-state index contributed by atoms with van der Waals surface area (Å²) in [6.07, 6.45) is 4.93. The smallest absolute Gasteiger partial charge is 0.0859 e. The van der Waals surface area contributed by atoms with Gasteiger partial charge in [0.1, 0.15) is 0 Å². The van der Waals surface area contributed by atoms with Crippen LogP contribution in [0.5, 0.6) is 0 Å². The molecule has 1 saturated carbocycles. The molecule has 3 rings (SSSR count). The molecule has 1 aromatic heterocycles. The van der Waals surface area contributed by atoms with Crippen molar-refractivity contribution < 1.29 is 0 Å². The molecule has 0 aromatic carbocycles. The van der Waals surface area contributed by atoms with Gasteiger partial charge in [-0.05, 0) is 57.0 Å². The Bertz CT molecular complexity index is 384. The summed E-state index contributed by atoms with van der Waals surface area (Å²) in [6, 6.07) is 0. The highest BCUT2D eigenvalue weighted by Crippen LogP contribution is 2.52. The fraction of sp³-hybridized carbons (Fsp3) is 0.833. The first-order valence-electron chi connectivity index (χ1n) is 6.33. The normalized spacial score (nSPS) is 32.5. The minimum atomic E-state index is 0.923. The average molecular weight is 220 g/mol. The molecule has 0 aliphatic heterocycles. The van der Waals surface area contributed by atoms with E-state index in [1.807, 2.05) is 11.7 Å². The molecule has 1 N–H and O–H groups in total. The predicted molar refractivity (Wildman–Crippen MR) is 62.0 cm³/mol. The standard InChI is InChI=1S/C12H20N4/c1-13-7-10-8-3-5-11-12(6-4-9(8)10)16(2)15-14-11/h8-10,13H,3-7H2,1-2H3. The molecule has 1 heterocycles. The maximum atomic E-state index is 4.28. The molecule has 2 aliphatic rings. The fourth-order valence-electron chi connectivity index (χ4n) is 3.45. The number of hydrogen-bond acceptors (Lipinski definition) is 3. The molecule has 3 unspecified atom stereocenters. The predicted octanol–water partition coefficient (Wildman–Crippen LogP) is 0.775. The molecular formula is C12H20N4. The van der Waals surface area contributed by atoms with Gasteiger partial charge in [0.2, 0.25) is 0 Å². The number of rotatable bonds is 2. The summed E-state index contributed by atoms with van der Waals surface area (Å²) in [5, 5.41) is 11.7. The highest BCUT2D eigenvalue weighted by Gasteiger charge is 2.48. The van der Waals surface area contributed by atoms with Crippen LogP contribution in [0.2, 0.25) is 0 Å². The first-order valence-corrected chi connectivity index (χ1v) is 6.33. The first kappa shape index (κ1) is 10.3. The summed E-state index contributed by atoms with van der Waals surface area (Å²) in [5.74, 6) is 2.82. The largest absolute Gasteiger partial charge is 0.319 e. The minimum absolute atomic E-state index is 0.923. The second kappa shape index (κ2) is 3.84. The van der Waals surface area contributed by atoms with E-state index in [2.05, 4.69) is 22.7 Å². The van der Waals surface area contributed by atoms with E-state index in [0.29, 0.717) is 0 Å². The van der Waals surface area contributed by atoms with Gasteiger partial charge in [0.25, 0.3) is 0 Å². The molecule has 0 saturated heterocycles. The molecule has 88 valence electrons. The third kappa shape index (κ3) is 1.56. The third-order valence-electron chi connectivity index (χ3n) is 4.40. The maximum Gasteiger partial charge on any atom is 0.0859 e. The molecule has 1 fully saturated rings. The Hall–Kier alpha value is -0.900. The van der Waals surface area contributed by atoms with Crippen molar-refractivity contribution in [2.75, 3.05) is 13.6 Å². The summed E-state index contributed by atoms with van der Waals surface area (Å²) in [6.45, 7) is 1.19. The van der Waals surface area contributed by atoms with Crippen LogP contribution in [0.1, 0.15) is 24.2 Å². The van der Waals surface area contributed by atoms with E-state index in [1.54, 1.807) is 0 Å². The van der Waals surface area contributed by atoms with Gasteiger partial charge in [0.15, 0.2) is 0 Å². The molecule has 4 nitrogen and oxygen atoms in total. The summed E-state index contributed by atoms with van der Waals surface area (Å²) in [4.78, 5) is 0. The Balaban J connectivity index is 1.73. The van der Waals surface area contributed by atoms with Crippen molar-refractivity contribution in [3.05, 3.63) is 11.4 Å². The number of aromatic nitrogens is 3. The molecule has 0 spiro atoms. The number of hydrogen-bond donors (Lipinski definition) is 1. The number of nitrogens with zero attached hydrogens (tertiary/aromatic N) is 3. The van der Waals surface area contributed by atoms with Crippen molar-refractivity contribution in [2.45, 2.75) is 25.7 Å². The van der Waals surface area contributed by atoms with Gasteiger partial charge in [-0.25, -0.2) is 0 Å². The Kier molecular flexibility index (Phi) is 2.46. The van der Waals surface area contributed by atoms with Gasteiger partial charge in [0.05, 0.1) is 11.4 Å². The van der Waals surface area contributed by atoms with Crippen molar-refractivity contribution in [3.8, 4) is 0 Å². The lowest BCUT2D eigenvalue weighted by atomic mass is 10.0. The van der Waals surface area contributed by atoms with Gasteiger partial charge in [-0.1, -0.05) is 5.21 Å². The zero-order valence-electron chi connectivity index (χ0n) is 10.1. The molecule has 16 heavy (non-hydrogen) atoms. The second-order valence-corrected chi connectivity index (χ2v) is 5.23. The lowest BCUT2D eigenvalue weighted by Gasteiger charge is -2.07. The Morgan fingerprint density at radius 2 is 2.06 bits per heavy atom. The summed E-state index contributed by atoms with van der Waals surface area (Å²) in [7, 11) is 4.08. The van der Waals surface area contributed by atoms with Gasteiger partial charge in [-0.15, -0.1) is 5.10 Å². The van der Waals surface area contributed by atoms with Crippen molar-refractivity contribution in [1.82, 2.24) is 20.3 Å². The van der Waals surface area contributed by atoms with E-state index in [9.17, 15) is 0 Å². The number of aryl methyl sites for hydroxylation is 2. The average Bonchev–Trinajstić information content (AvgIpc) is 2.76. The Labute approximate surface area is 96.4 Å². The van der Waals surface area contributed by atoms with E-state index in [0.717, 1.165) is 24.2 Å². The van der Waals surface area contributed by atoms with Crippen molar-refractivity contribution in [1.29, 1.82) is 0 Å². The fourth-order valence-corrected chi connectivity index (χ4v) is 3.45. The third-order valence-corrected chi connectivity index (χ3v) is 4.40. The van der Waals surface area contributed by atoms with E-state index >= 15 is 0 Å². The molecule has 3 atom stereocenters. The van der Waals surface area contributed by atoms with E-state index in [-0.39, 0.29) is 0 Å². The van der Waals surface area contributed by atoms with Crippen LogP contribution in [-0.4, -0.2) is 28.6 Å². The van der Waals surface area contributed by atoms with Crippen molar-refractivity contribution in [3.63, 3.8) is 0 Å². The molecular weight excluding hydrogens is 200 g/mol. The van der Waals surface area contributed by atoms with Crippen LogP contribution in [-0.2, 0) is 19.9 Å². The topological polar surface area (TPSA) is 42.7 Å². The van der Waals surface area contributed by atoms with Crippen LogP contribution in [0.4, 0.5) is 0 Å². The van der Waals surface area contributed by atoms with Crippen LogP contribution in [0, 0.1) is 17.8 Å². The van der Waals surface area contributed by atoms with Crippen LogP contribution < -0.4 is 5.32 Å². The SMILES string of the molecule is CNCC1C2CCc3nnn(C)c3CCC21. The molecule has 4 heteroatoms. The van der Waals surface area contributed by atoms with Gasteiger partial charge in [-0.2, -0.15) is 0 Å². The van der Waals surface area contributed by atoms with Crippen LogP contribution >= 0.6 is 0 Å². The Morgan fingerprint density at radius 3 is 2.81 bits per heavy atom. The van der Waals surface area contributed by atoms with E-state index in [1.165, 1.54) is 37.2 Å². The van der Waals surface area contributed by atoms with Crippen molar-refractivity contribution in [2.24, 2.45) is 24.8 Å². The molecule has 0 radical (unpaired) electrons. The zero-order valence-corrected chi connectivity index (χ0v) is 10.1. The highest BCUT2D eigenvalue weighted by molar-refractivity contribution is 5.15. The van der Waals surface area contributed by atoms with E-state index in [4.69, 9.17) is 0 Å². The zero-order chi connectivity index (χ0) is 11.1. The number of nitrogens with one attached hydrogen (secondary N) is 1. The minimum Gasteiger partial charge on any atom is -0.319 e. The summed E-state index contributed by atoms with van der Waals surface area (Å²) < 4.78 is 1.96. The number of fused-ring (bicyclic) bond motifs is 2. The highest BCUT2D eigenvalue weighted by atomic mass is 15.4. The lowest BCUT2D eigenvalue weighted by Crippen LogP contribution is -2.11. The molecule has 2 aliphatic carbocycles. The summed E-state index contributed by atoms with van der Waals surface area (Å²) in [5.41, 5.74) is 2.62. The van der Waals surface area contributed by atoms with Gasteiger partial charge >= 0.3 is 0 Å². The Morgan fingerprint density at radius 1 is 1.31 bits per heavy atom. The monoisotopic (exact) mass is 220 g/mol. The molecule has 1 aromatic rings. The lowest BCUT2D eigenvalue weighted by molar-refractivity contribution is 0.566. The second-order valence-electron chi connectivity index (χ2n) is 5.23. The summed E-state index contributed by atoms with van der Waals surface area (Å²) >= 11 is 0. The molecule has 0 amide bonds. The van der Waals surface area contributed by atoms with Crippen molar-refractivity contribution >= 4 is 0 Å². The van der Waals surface area contributed by atoms with Gasteiger partial charge in [0, 0.05) is 7.05 Å². The van der Waals surface area contributed by atoms with E-state index < -0.39 is 0 Å². The quantitative estimate of drug-likeness (QED) is 0.801. The van der Waals surface area contributed by atoms with Crippen LogP contribution in [0.3, 0.4) is 0 Å². The van der Waals surface area contributed by atoms with Gasteiger partial charge < -0.3 is 5.32 Å². The maximum absolute atomic E-state index is 4.28. The molecule has 0 bridgehead atoms. The first-order chi connectivity index (χ1) is 7.81. The van der Waals surface area contributed by atoms with Crippen LogP contribution in [0.15, 0.2) is 0 Å². The van der Waals surface area contributed by atoms with Gasteiger partial charge in [-0.3, -0.25) is 4.68 Å². The van der Waals surface area contributed by atoms with Crippen LogP contribution in [0.25, 0.3) is 0 Å².